The summed E-state index contributed by atoms with van der Waals surface area (Å²) in [7, 11) is 2.04. The summed E-state index contributed by atoms with van der Waals surface area (Å²) in [5.74, 6) is 0. The molecule has 0 rings (SSSR count). The molecule has 6 nitrogen and oxygen atoms in total. The number of ether oxygens (including phenoxy) is 3. The third-order valence-electron chi connectivity index (χ3n) is 9.82. The van der Waals surface area contributed by atoms with Crippen LogP contribution >= 0.6 is 0 Å². The Labute approximate surface area is 318 Å². The Morgan fingerprint density at radius 1 is 0.549 bits per heavy atom. The highest BCUT2D eigenvalue weighted by Gasteiger charge is 2.13. The second-order valence-corrected chi connectivity index (χ2v) is 14.9. The zero-order valence-electron chi connectivity index (χ0n) is 34.7. The van der Waals surface area contributed by atoms with E-state index in [0.717, 1.165) is 32.5 Å². The van der Waals surface area contributed by atoms with Crippen LogP contribution in [0.5, 0.6) is 0 Å². The molecule has 0 fully saturated rings. The Balaban J connectivity index is 3.99. The third kappa shape index (κ3) is 41.2. The number of likely N-dealkylation sites (N-methyl/N-ethyl adjacent to an activating group) is 1. The SMILES string of the molecule is CCCCCCCCC=CCCCCCCCCOCC(COC(=O)NCCN(C)CC)OCCCCCCCCC=CCCCCCCCC. The zero-order chi connectivity index (χ0) is 37.1. The quantitative estimate of drug-likeness (QED) is 0.0503. The number of carbonyl (C=O) groups excluding carboxylic acids is 1. The molecule has 0 aliphatic carbocycles. The maximum absolute atomic E-state index is 12.2. The highest BCUT2D eigenvalue weighted by Crippen LogP contribution is 2.12. The molecular weight excluding hydrogens is 633 g/mol. The molecule has 0 aromatic heterocycles. The average Bonchev–Trinajstić information content (AvgIpc) is 3.14. The molecule has 1 unspecified atom stereocenters. The average molecular weight is 721 g/mol. The van der Waals surface area contributed by atoms with E-state index in [1.54, 1.807) is 0 Å². The number of unbranched alkanes of at least 4 members (excludes halogenated alkanes) is 24. The fourth-order valence-electron chi connectivity index (χ4n) is 6.14. The summed E-state index contributed by atoms with van der Waals surface area (Å²) in [6.07, 6.45) is 45.4. The number of nitrogens with zero attached hydrogens (tertiary/aromatic N) is 1. The van der Waals surface area contributed by atoms with Crippen molar-refractivity contribution in [3.8, 4) is 0 Å². The Hall–Kier alpha value is -1.37. The van der Waals surface area contributed by atoms with Crippen molar-refractivity contribution < 1.29 is 19.0 Å². The van der Waals surface area contributed by atoms with Gasteiger partial charge in [0, 0.05) is 26.3 Å². The van der Waals surface area contributed by atoms with Crippen LogP contribution in [0.4, 0.5) is 4.79 Å². The van der Waals surface area contributed by atoms with Crippen LogP contribution in [0.2, 0.25) is 0 Å². The fourth-order valence-corrected chi connectivity index (χ4v) is 6.14. The smallest absolute Gasteiger partial charge is 0.407 e. The first-order valence-corrected chi connectivity index (χ1v) is 22.2. The largest absolute Gasteiger partial charge is 0.447 e. The maximum Gasteiger partial charge on any atom is 0.407 e. The van der Waals surface area contributed by atoms with Gasteiger partial charge < -0.3 is 24.4 Å². The molecule has 1 N–H and O–H groups in total. The van der Waals surface area contributed by atoms with E-state index in [1.165, 1.54) is 167 Å². The molecule has 0 aromatic carbocycles. The first-order valence-electron chi connectivity index (χ1n) is 22.2. The van der Waals surface area contributed by atoms with Crippen molar-refractivity contribution in [2.75, 3.05) is 53.1 Å². The number of carbonyl (C=O) groups is 1. The van der Waals surface area contributed by atoms with E-state index in [2.05, 4.69) is 55.3 Å². The molecule has 302 valence electrons. The Morgan fingerprint density at radius 3 is 1.41 bits per heavy atom. The van der Waals surface area contributed by atoms with Crippen molar-refractivity contribution in [3.63, 3.8) is 0 Å². The van der Waals surface area contributed by atoms with Crippen molar-refractivity contribution in [2.45, 2.75) is 207 Å². The van der Waals surface area contributed by atoms with E-state index in [-0.39, 0.29) is 18.8 Å². The van der Waals surface area contributed by atoms with Gasteiger partial charge in [-0.1, -0.05) is 161 Å². The molecule has 1 atom stereocenters. The standard InChI is InChI=1S/C45H88N2O4/c1-5-8-10-12-14-16-18-20-22-24-26-28-30-32-34-36-40-49-42-44(43-51-45(48)46-38-39-47(4)7-3)50-41-37-35-33-31-29-27-25-23-21-19-17-15-13-11-9-6-2/h20-23,44H,5-19,24-43H2,1-4H3,(H,46,48). The van der Waals surface area contributed by atoms with Gasteiger partial charge in [0.05, 0.1) is 6.61 Å². The normalized spacial score (nSPS) is 12.5. The Kier molecular flexibility index (Phi) is 41.9. The number of alkyl carbamates (subject to hydrolysis) is 1. The fraction of sp³-hybridized carbons (Fsp3) is 0.889. The van der Waals surface area contributed by atoms with E-state index in [0.29, 0.717) is 19.8 Å². The van der Waals surface area contributed by atoms with E-state index >= 15 is 0 Å². The summed E-state index contributed by atoms with van der Waals surface area (Å²) in [6, 6.07) is 0. The molecule has 0 aliphatic heterocycles. The van der Waals surface area contributed by atoms with Gasteiger partial charge in [-0.2, -0.15) is 0 Å². The first kappa shape index (κ1) is 49.6. The second-order valence-electron chi connectivity index (χ2n) is 14.9. The molecule has 0 heterocycles. The summed E-state index contributed by atoms with van der Waals surface area (Å²) < 4.78 is 17.7. The highest BCUT2D eigenvalue weighted by atomic mass is 16.6. The third-order valence-corrected chi connectivity index (χ3v) is 9.82. The highest BCUT2D eigenvalue weighted by molar-refractivity contribution is 5.67. The molecule has 0 aliphatic rings. The van der Waals surface area contributed by atoms with Crippen molar-refractivity contribution in [1.82, 2.24) is 10.2 Å². The van der Waals surface area contributed by atoms with Gasteiger partial charge in [0.1, 0.15) is 12.7 Å². The number of hydrogen-bond donors (Lipinski definition) is 1. The molecule has 0 spiro atoms. The van der Waals surface area contributed by atoms with Crippen LogP contribution in [0.25, 0.3) is 0 Å². The molecule has 6 heteroatoms. The van der Waals surface area contributed by atoms with Gasteiger partial charge in [0.25, 0.3) is 0 Å². The van der Waals surface area contributed by atoms with Crippen LogP contribution in [0.15, 0.2) is 24.3 Å². The van der Waals surface area contributed by atoms with Gasteiger partial charge in [0.2, 0.25) is 0 Å². The van der Waals surface area contributed by atoms with Crippen LogP contribution in [0.1, 0.15) is 201 Å². The van der Waals surface area contributed by atoms with E-state index in [1.807, 2.05) is 7.05 Å². The van der Waals surface area contributed by atoms with E-state index in [9.17, 15) is 4.79 Å². The molecule has 51 heavy (non-hydrogen) atoms. The van der Waals surface area contributed by atoms with Gasteiger partial charge in [-0.3, -0.25) is 0 Å². The van der Waals surface area contributed by atoms with E-state index < -0.39 is 0 Å². The molecule has 0 saturated heterocycles. The minimum absolute atomic E-state index is 0.216. The second kappa shape index (κ2) is 43.0. The lowest BCUT2D eigenvalue weighted by atomic mass is 10.1. The number of nitrogens with one attached hydrogen (secondary N) is 1. The molecular formula is C45H88N2O4. The number of rotatable bonds is 41. The van der Waals surface area contributed by atoms with E-state index in [4.69, 9.17) is 14.2 Å². The first-order chi connectivity index (χ1) is 25.1. The number of amides is 1. The monoisotopic (exact) mass is 721 g/mol. The van der Waals surface area contributed by atoms with Crippen LogP contribution < -0.4 is 5.32 Å². The lowest BCUT2D eigenvalue weighted by Gasteiger charge is -2.19. The minimum Gasteiger partial charge on any atom is -0.447 e. The summed E-state index contributed by atoms with van der Waals surface area (Å²) in [5, 5.41) is 2.85. The lowest BCUT2D eigenvalue weighted by molar-refractivity contribution is -0.0468. The summed E-state index contributed by atoms with van der Waals surface area (Å²) in [6.45, 7) is 11.1. The van der Waals surface area contributed by atoms with Crippen molar-refractivity contribution in [2.24, 2.45) is 0 Å². The van der Waals surface area contributed by atoms with Gasteiger partial charge in [-0.25, -0.2) is 4.79 Å². The Morgan fingerprint density at radius 2 is 0.961 bits per heavy atom. The molecule has 0 saturated carbocycles. The van der Waals surface area contributed by atoms with Gasteiger partial charge in [0.15, 0.2) is 0 Å². The summed E-state index contributed by atoms with van der Waals surface area (Å²) >= 11 is 0. The summed E-state index contributed by atoms with van der Waals surface area (Å²) in [5.41, 5.74) is 0. The van der Waals surface area contributed by atoms with Crippen molar-refractivity contribution in [3.05, 3.63) is 24.3 Å². The molecule has 1 amide bonds. The van der Waals surface area contributed by atoms with Crippen molar-refractivity contribution in [1.29, 1.82) is 0 Å². The lowest BCUT2D eigenvalue weighted by Crippen LogP contribution is -2.35. The van der Waals surface area contributed by atoms with Gasteiger partial charge in [-0.05, 0) is 77.8 Å². The van der Waals surface area contributed by atoms with Crippen LogP contribution in [-0.4, -0.2) is 70.2 Å². The molecule has 0 aromatic rings. The maximum atomic E-state index is 12.2. The molecule has 0 bridgehead atoms. The van der Waals surface area contributed by atoms with Crippen molar-refractivity contribution >= 4 is 6.09 Å². The van der Waals surface area contributed by atoms with Crippen LogP contribution in [0.3, 0.4) is 0 Å². The van der Waals surface area contributed by atoms with Gasteiger partial charge >= 0.3 is 6.09 Å². The van der Waals surface area contributed by atoms with Gasteiger partial charge in [-0.15, -0.1) is 0 Å². The summed E-state index contributed by atoms with van der Waals surface area (Å²) in [4.78, 5) is 14.4. The van der Waals surface area contributed by atoms with Crippen LogP contribution in [-0.2, 0) is 14.2 Å². The zero-order valence-corrected chi connectivity index (χ0v) is 34.7. The van der Waals surface area contributed by atoms with Crippen LogP contribution in [0, 0.1) is 0 Å². The predicted molar refractivity (Wildman–Crippen MR) is 222 cm³/mol. The molecule has 0 radical (unpaired) electrons. The Bertz CT molecular complexity index is 744. The number of allylic oxidation sites excluding steroid dienone is 4. The minimum atomic E-state index is -0.376. The topological polar surface area (TPSA) is 60.0 Å². The predicted octanol–water partition coefficient (Wildman–Crippen LogP) is 13.1. The number of hydrogen-bond acceptors (Lipinski definition) is 5.